The minimum absolute atomic E-state index is 0.0270. The Kier molecular flexibility index (Phi) is 4.32. The van der Waals surface area contributed by atoms with E-state index in [0.29, 0.717) is 11.3 Å². The average Bonchev–Trinajstić information content (AvgIpc) is 3.36. The topological polar surface area (TPSA) is 90.6 Å². The smallest absolute Gasteiger partial charge is 0.224 e. The third kappa shape index (κ3) is 3.22. The lowest BCUT2D eigenvalue weighted by Gasteiger charge is -2.06. The van der Waals surface area contributed by atoms with Crippen LogP contribution in [-0.4, -0.2) is 26.9 Å². The van der Waals surface area contributed by atoms with Crippen molar-refractivity contribution in [2.45, 2.75) is 19.8 Å². The molecule has 0 radical (unpaired) electrons. The number of hydrogen-bond donors (Lipinski definition) is 3. The molecule has 0 spiro atoms. The SMILES string of the molecule is Cc1ccc(C(=O)CCC(=O)Nc2ccc3[nH]c4c(ccc5cn[nH]c54)c3c2)cc1. The highest BCUT2D eigenvalue weighted by Gasteiger charge is 2.12. The maximum atomic E-state index is 12.4. The van der Waals surface area contributed by atoms with Crippen LogP contribution in [-0.2, 0) is 4.79 Å². The Balaban J connectivity index is 1.33. The summed E-state index contributed by atoms with van der Waals surface area (Å²) < 4.78 is 0. The fourth-order valence-corrected chi connectivity index (χ4v) is 3.79. The van der Waals surface area contributed by atoms with Gasteiger partial charge in [0.15, 0.2) is 5.78 Å². The molecule has 0 aliphatic carbocycles. The third-order valence-corrected chi connectivity index (χ3v) is 5.42. The summed E-state index contributed by atoms with van der Waals surface area (Å²) in [4.78, 5) is 28.1. The van der Waals surface area contributed by atoms with Crippen molar-refractivity contribution < 1.29 is 9.59 Å². The maximum Gasteiger partial charge on any atom is 0.224 e. The summed E-state index contributed by atoms with van der Waals surface area (Å²) in [6.07, 6.45) is 2.12. The molecule has 1 amide bonds. The Hall–Kier alpha value is -3.93. The molecule has 6 heteroatoms. The Morgan fingerprint density at radius 1 is 0.933 bits per heavy atom. The van der Waals surface area contributed by atoms with Crippen LogP contribution in [0.4, 0.5) is 5.69 Å². The van der Waals surface area contributed by atoms with E-state index in [4.69, 9.17) is 0 Å². The summed E-state index contributed by atoms with van der Waals surface area (Å²) in [6, 6.07) is 17.3. The largest absolute Gasteiger partial charge is 0.353 e. The number of anilines is 1. The van der Waals surface area contributed by atoms with Crippen LogP contribution in [0.3, 0.4) is 0 Å². The molecule has 5 rings (SSSR count). The van der Waals surface area contributed by atoms with E-state index in [1.807, 2.05) is 43.3 Å². The fourth-order valence-electron chi connectivity index (χ4n) is 3.79. The molecule has 0 bridgehead atoms. The second-order valence-electron chi connectivity index (χ2n) is 7.55. The second kappa shape index (κ2) is 7.15. The highest BCUT2D eigenvalue weighted by atomic mass is 16.2. The quantitative estimate of drug-likeness (QED) is 0.361. The van der Waals surface area contributed by atoms with Crippen LogP contribution in [0.5, 0.6) is 0 Å². The predicted molar refractivity (Wildman–Crippen MR) is 119 cm³/mol. The maximum absolute atomic E-state index is 12.4. The number of ketones is 1. The van der Waals surface area contributed by atoms with E-state index in [9.17, 15) is 9.59 Å². The van der Waals surface area contributed by atoms with E-state index in [1.54, 1.807) is 18.3 Å². The number of rotatable bonds is 5. The molecule has 0 saturated heterocycles. The lowest BCUT2D eigenvalue weighted by atomic mass is 10.0. The van der Waals surface area contributed by atoms with Crippen LogP contribution >= 0.6 is 0 Å². The molecular formula is C24H20N4O2. The first-order chi connectivity index (χ1) is 14.6. The number of aryl methyl sites for hydroxylation is 1. The van der Waals surface area contributed by atoms with Gasteiger partial charge in [0.05, 0.1) is 17.2 Å². The Morgan fingerprint density at radius 3 is 2.60 bits per heavy atom. The van der Waals surface area contributed by atoms with Gasteiger partial charge in [0.25, 0.3) is 0 Å². The third-order valence-electron chi connectivity index (χ3n) is 5.42. The molecule has 3 aromatic carbocycles. The molecule has 0 aliphatic heterocycles. The van der Waals surface area contributed by atoms with E-state index < -0.39 is 0 Å². The zero-order valence-corrected chi connectivity index (χ0v) is 16.5. The number of Topliss-reactive ketones (excluding diaryl/α,β-unsaturated/α-hetero) is 1. The van der Waals surface area contributed by atoms with E-state index in [1.165, 1.54) is 0 Å². The number of nitrogens with one attached hydrogen (secondary N) is 3. The summed E-state index contributed by atoms with van der Waals surface area (Å²) in [7, 11) is 0. The first-order valence-corrected chi connectivity index (χ1v) is 9.86. The van der Waals surface area contributed by atoms with Gasteiger partial charge < -0.3 is 10.3 Å². The van der Waals surface area contributed by atoms with E-state index in [-0.39, 0.29) is 24.5 Å². The van der Waals surface area contributed by atoms with E-state index >= 15 is 0 Å². The minimum Gasteiger partial charge on any atom is -0.353 e. The van der Waals surface area contributed by atoms with Crippen molar-refractivity contribution >= 4 is 50.1 Å². The van der Waals surface area contributed by atoms with Gasteiger partial charge in [0.2, 0.25) is 5.91 Å². The van der Waals surface area contributed by atoms with Crippen LogP contribution in [0.15, 0.2) is 60.8 Å². The van der Waals surface area contributed by atoms with Gasteiger partial charge in [-0.25, -0.2) is 0 Å². The number of benzene rings is 3. The highest BCUT2D eigenvalue weighted by molar-refractivity contribution is 6.16. The summed E-state index contributed by atoms with van der Waals surface area (Å²) in [6.45, 7) is 1.98. The Labute approximate surface area is 172 Å². The zero-order valence-electron chi connectivity index (χ0n) is 16.5. The first kappa shape index (κ1) is 18.1. The van der Waals surface area contributed by atoms with Crippen LogP contribution in [0, 0.1) is 6.92 Å². The standard InChI is InChI=1S/C24H20N4O2/c1-14-2-4-15(5-3-14)21(29)10-11-22(30)26-17-7-9-20-19(12-17)18-8-6-16-13-25-28-23(16)24(18)27-20/h2-9,12-13,27H,10-11H2,1H3,(H,25,28)(H,26,30). The molecule has 6 nitrogen and oxygen atoms in total. The normalized spacial score (nSPS) is 11.4. The number of nitrogens with zero attached hydrogens (tertiary/aromatic N) is 1. The van der Waals surface area contributed by atoms with Gasteiger partial charge in [-0.3, -0.25) is 14.7 Å². The van der Waals surface area contributed by atoms with Gasteiger partial charge in [0.1, 0.15) is 0 Å². The molecule has 0 aliphatic rings. The number of carbonyl (C=O) groups excluding carboxylic acids is 2. The first-order valence-electron chi connectivity index (χ1n) is 9.86. The van der Waals surface area contributed by atoms with E-state index in [2.05, 4.69) is 26.6 Å². The number of H-pyrrole nitrogens is 2. The highest BCUT2D eigenvalue weighted by Crippen LogP contribution is 2.31. The number of carbonyl (C=O) groups is 2. The molecule has 5 aromatic rings. The zero-order chi connectivity index (χ0) is 20.7. The minimum atomic E-state index is -0.175. The Morgan fingerprint density at radius 2 is 1.77 bits per heavy atom. The number of aromatic nitrogens is 3. The molecule has 0 unspecified atom stereocenters. The van der Waals surface area contributed by atoms with Crippen molar-refractivity contribution in [3.8, 4) is 0 Å². The van der Waals surface area contributed by atoms with Crippen LogP contribution in [0.1, 0.15) is 28.8 Å². The van der Waals surface area contributed by atoms with Crippen molar-refractivity contribution in [2.24, 2.45) is 0 Å². The molecule has 3 N–H and O–H groups in total. The molecular weight excluding hydrogens is 376 g/mol. The van der Waals surface area contributed by atoms with Crippen molar-refractivity contribution in [2.75, 3.05) is 5.32 Å². The Bertz CT molecular complexity index is 1410. The molecule has 0 atom stereocenters. The van der Waals surface area contributed by atoms with Crippen molar-refractivity contribution in [3.05, 3.63) is 71.9 Å². The molecule has 2 aromatic heterocycles. The summed E-state index contributed by atoms with van der Waals surface area (Å²) in [5.74, 6) is -0.202. The van der Waals surface area contributed by atoms with Crippen LogP contribution < -0.4 is 5.32 Å². The average molecular weight is 396 g/mol. The predicted octanol–water partition coefficient (Wildman–Crippen LogP) is 5.11. The van der Waals surface area contributed by atoms with Crippen molar-refractivity contribution in [1.29, 1.82) is 0 Å². The number of amides is 1. The van der Waals surface area contributed by atoms with Gasteiger partial charge in [0, 0.05) is 45.8 Å². The van der Waals surface area contributed by atoms with Gasteiger partial charge in [-0.2, -0.15) is 5.10 Å². The van der Waals surface area contributed by atoms with Crippen molar-refractivity contribution in [1.82, 2.24) is 15.2 Å². The van der Waals surface area contributed by atoms with Crippen LogP contribution in [0.25, 0.3) is 32.7 Å². The van der Waals surface area contributed by atoms with Gasteiger partial charge in [-0.15, -0.1) is 0 Å². The monoisotopic (exact) mass is 396 g/mol. The number of hydrogen-bond acceptors (Lipinski definition) is 3. The van der Waals surface area contributed by atoms with Crippen molar-refractivity contribution in [3.63, 3.8) is 0 Å². The number of fused-ring (bicyclic) bond motifs is 5. The van der Waals surface area contributed by atoms with Gasteiger partial charge in [-0.1, -0.05) is 42.0 Å². The molecule has 2 heterocycles. The summed E-state index contributed by atoms with van der Waals surface area (Å²) in [5.41, 5.74) is 5.39. The van der Waals surface area contributed by atoms with Crippen LogP contribution in [0.2, 0.25) is 0 Å². The second-order valence-corrected chi connectivity index (χ2v) is 7.55. The summed E-state index contributed by atoms with van der Waals surface area (Å²) in [5, 5.41) is 13.2. The summed E-state index contributed by atoms with van der Waals surface area (Å²) >= 11 is 0. The lowest BCUT2D eigenvalue weighted by molar-refractivity contribution is -0.116. The number of aromatic amines is 2. The molecule has 0 fully saturated rings. The van der Waals surface area contributed by atoms with Gasteiger partial charge in [-0.05, 0) is 25.1 Å². The van der Waals surface area contributed by atoms with Gasteiger partial charge >= 0.3 is 0 Å². The molecule has 148 valence electrons. The molecule has 30 heavy (non-hydrogen) atoms. The lowest BCUT2D eigenvalue weighted by Crippen LogP contribution is -2.13. The molecule has 0 saturated carbocycles. The fraction of sp³-hybridized carbons (Fsp3) is 0.125. The van der Waals surface area contributed by atoms with E-state index in [0.717, 1.165) is 38.3 Å².